The van der Waals surface area contributed by atoms with E-state index in [9.17, 15) is 0 Å². The van der Waals surface area contributed by atoms with Crippen LogP contribution < -0.4 is 5.32 Å². The highest BCUT2D eigenvalue weighted by Crippen LogP contribution is 2.23. The lowest BCUT2D eigenvalue weighted by atomic mass is 9.92. The Hall–Kier alpha value is -1.59. The molecule has 2 saturated heterocycles. The molecule has 2 fully saturated rings. The molecule has 2 aliphatic heterocycles. The van der Waals surface area contributed by atoms with Crippen molar-refractivity contribution >= 4 is 5.96 Å². The second-order valence-corrected chi connectivity index (χ2v) is 7.85. The van der Waals surface area contributed by atoms with Crippen molar-refractivity contribution < 1.29 is 4.74 Å². The highest BCUT2D eigenvalue weighted by atomic mass is 16.5. The number of likely N-dealkylation sites (tertiary alicyclic amines) is 1. The van der Waals surface area contributed by atoms with Crippen LogP contribution in [0.5, 0.6) is 0 Å². The minimum Gasteiger partial charge on any atom is -0.379 e. The fraction of sp³-hybridized carbons (Fsp3) is 0.667. The maximum absolute atomic E-state index is 5.56. The fourth-order valence-corrected chi connectivity index (χ4v) is 4.38. The fourth-order valence-electron chi connectivity index (χ4n) is 4.38. The molecule has 1 aromatic rings. The summed E-state index contributed by atoms with van der Waals surface area (Å²) in [4.78, 5) is 9.54. The van der Waals surface area contributed by atoms with E-state index in [1.54, 1.807) is 0 Å². The van der Waals surface area contributed by atoms with Gasteiger partial charge in [-0.1, -0.05) is 44.2 Å². The standard InChI is InChI=1S/C21H34N4O/c1-17-13-18(2)16-25(15-17)21(22-3)23-14-20(19-7-5-4-6-8-19)24-9-11-26-12-10-24/h4-8,17-18,20H,9-16H2,1-3H3,(H,22,23). The van der Waals surface area contributed by atoms with Gasteiger partial charge in [-0.05, 0) is 23.8 Å². The summed E-state index contributed by atoms with van der Waals surface area (Å²) in [5.74, 6) is 2.49. The van der Waals surface area contributed by atoms with Crippen LogP contribution in [0.25, 0.3) is 0 Å². The summed E-state index contributed by atoms with van der Waals surface area (Å²) in [5.41, 5.74) is 1.36. The number of rotatable bonds is 4. The Bertz CT molecular complexity index is 561. The Morgan fingerprint density at radius 3 is 2.42 bits per heavy atom. The number of ether oxygens (including phenoxy) is 1. The topological polar surface area (TPSA) is 40.1 Å². The molecule has 3 unspecified atom stereocenters. The quantitative estimate of drug-likeness (QED) is 0.663. The van der Waals surface area contributed by atoms with Crippen LogP contribution in [0.1, 0.15) is 31.9 Å². The van der Waals surface area contributed by atoms with Crippen LogP contribution in [-0.4, -0.2) is 68.7 Å². The first-order valence-corrected chi connectivity index (χ1v) is 9.99. The summed E-state index contributed by atoms with van der Waals surface area (Å²) < 4.78 is 5.56. The van der Waals surface area contributed by atoms with E-state index in [-0.39, 0.29) is 0 Å². The zero-order valence-electron chi connectivity index (χ0n) is 16.5. The number of benzene rings is 1. The van der Waals surface area contributed by atoms with Gasteiger partial charge >= 0.3 is 0 Å². The van der Waals surface area contributed by atoms with Gasteiger partial charge in [-0.25, -0.2) is 0 Å². The number of hydrogen-bond donors (Lipinski definition) is 1. The van der Waals surface area contributed by atoms with Gasteiger partial charge in [-0.3, -0.25) is 9.89 Å². The van der Waals surface area contributed by atoms with Gasteiger partial charge in [0.1, 0.15) is 0 Å². The zero-order chi connectivity index (χ0) is 18.4. The van der Waals surface area contributed by atoms with Crippen LogP contribution in [-0.2, 0) is 4.74 Å². The second kappa shape index (κ2) is 9.38. The van der Waals surface area contributed by atoms with Crippen molar-refractivity contribution in [1.29, 1.82) is 0 Å². The van der Waals surface area contributed by atoms with Crippen molar-refractivity contribution in [3.05, 3.63) is 35.9 Å². The number of morpholine rings is 1. The van der Waals surface area contributed by atoms with E-state index in [1.807, 2.05) is 7.05 Å². The van der Waals surface area contributed by atoms with Crippen molar-refractivity contribution in [3.63, 3.8) is 0 Å². The SMILES string of the molecule is CN=C(NCC(c1ccccc1)N1CCOCC1)N1CC(C)CC(C)C1. The number of nitrogens with zero attached hydrogens (tertiary/aromatic N) is 3. The molecule has 0 aromatic heterocycles. The van der Waals surface area contributed by atoms with Gasteiger partial charge in [0.05, 0.1) is 19.3 Å². The molecule has 1 aromatic carbocycles. The van der Waals surface area contributed by atoms with E-state index in [0.717, 1.165) is 63.7 Å². The van der Waals surface area contributed by atoms with Crippen LogP contribution in [0.2, 0.25) is 0 Å². The third-order valence-corrected chi connectivity index (χ3v) is 5.50. The monoisotopic (exact) mass is 358 g/mol. The molecule has 1 N–H and O–H groups in total. The number of nitrogens with one attached hydrogen (secondary N) is 1. The first kappa shape index (κ1) is 19.2. The van der Waals surface area contributed by atoms with E-state index < -0.39 is 0 Å². The van der Waals surface area contributed by atoms with Crippen molar-refractivity contribution in [1.82, 2.24) is 15.1 Å². The molecule has 0 spiro atoms. The first-order chi connectivity index (χ1) is 12.7. The van der Waals surface area contributed by atoms with Crippen LogP contribution in [0.4, 0.5) is 0 Å². The van der Waals surface area contributed by atoms with Gasteiger partial charge in [-0.15, -0.1) is 0 Å². The molecule has 2 heterocycles. The third-order valence-electron chi connectivity index (χ3n) is 5.50. The summed E-state index contributed by atoms with van der Waals surface area (Å²) in [7, 11) is 1.90. The zero-order valence-corrected chi connectivity index (χ0v) is 16.5. The Labute approximate surface area is 158 Å². The van der Waals surface area contributed by atoms with Crippen LogP contribution in [0, 0.1) is 11.8 Å². The van der Waals surface area contributed by atoms with Crippen LogP contribution >= 0.6 is 0 Å². The molecule has 2 aliphatic rings. The highest BCUT2D eigenvalue weighted by Gasteiger charge is 2.26. The minimum absolute atomic E-state index is 0.344. The molecular weight excluding hydrogens is 324 g/mol. The molecule has 26 heavy (non-hydrogen) atoms. The predicted molar refractivity (Wildman–Crippen MR) is 107 cm³/mol. The molecule has 0 saturated carbocycles. The van der Waals surface area contributed by atoms with Crippen molar-refractivity contribution in [2.24, 2.45) is 16.8 Å². The molecule has 5 heteroatoms. The Balaban J connectivity index is 1.68. The largest absolute Gasteiger partial charge is 0.379 e. The number of hydrogen-bond acceptors (Lipinski definition) is 3. The lowest BCUT2D eigenvalue weighted by Crippen LogP contribution is -2.51. The van der Waals surface area contributed by atoms with Crippen molar-refractivity contribution in [3.8, 4) is 0 Å². The Morgan fingerprint density at radius 2 is 1.81 bits per heavy atom. The van der Waals surface area contributed by atoms with Crippen molar-refractivity contribution in [2.45, 2.75) is 26.3 Å². The Kier molecular flexibility index (Phi) is 6.92. The molecule has 0 amide bonds. The third kappa shape index (κ3) is 4.98. The normalized spacial score (nSPS) is 26.6. The van der Waals surface area contributed by atoms with Gasteiger partial charge in [0.25, 0.3) is 0 Å². The number of piperidine rings is 1. The van der Waals surface area contributed by atoms with E-state index >= 15 is 0 Å². The highest BCUT2D eigenvalue weighted by molar-refractivity contribution is 5.80. The van der Waals surface area contributed by atoms with Gasteiger partial charge < -0.3 is 15.0 Å². The predicted octanol–water partition coefficient (Wildman–Crippen LogP) is 2.61. The summed E-state index contributed by atoms with van der Waals surface area (Å²) in [6.07, 6.45) is 1.31. The summed E-state index contributed by atoms with van der Waals surface area (Å²) in [6.45, 7) is 11.4. The molecule has 0 aliphatic carbocycles. The first-order valence-electron chi connectivity index (χ1n) is 9.99. The van der Waals surface area contributed by atoms with E-state index in [0.29, 0.717) is 6.04 Å². The molecule has 0 bridgehead atoms. The van der Waals surface area contributed by atoms with Gasteiger partial charge in [0, 0.05) is 39.8 Å². The number of aliphatic imine (C=N–C) groups is 1. The molecule has 5 nitrogen and oxygen atoms in total. The van der Waals surface area contributed by atoms with Gasteiger partial charge in [0.2, 0.25) is 0 Å². The second-order valence-electron chi connectivity index (χ2n) is 7.85. The average Bonchev–Trinajstić information content (AvgIpc) is 2.66. The molecule has 3 rings (SSSR count). The summed E-state index contributed by atoms with van der Waals surface area (Å²) in [5, 5.41) is 3.67. The van der Waals surface area contributed by atoms with Gasteiger partial charge in [-0.2, -0.15) is 0 Å². The Morgan fingerprint density at radius 1 is 1.15 bits per heavy atom. The van der Waals surface area contributed by atoms with E-state index in [1.165, 1.54) is 12.0 Å². The van der Waals surface area contributed by atoms with Crippen LogP contribution in [0.15, 0.2) is 35.3 Å². The maximum atomic E-state index is 5.56. The lowest BCUT2D eigenvalue weighted by molar-refractivity contribution is 0.0168. The average molecular weight is 359 g/mol. The maximum Gasteiger partial charge on any atom is 0.193 e. The summed E-state index contributed by atoms with van der Waals surface area (Å²) in [6, 6.07) is 11.2. The van der Waals surface area contributed by atoms with Crippen LogP contribution in [0.3, 0.4) is 0 Å². The minimum atomic E-state index is 0.344. The van der Waals surface area contributed by atoms with E-state index in [4.69, 9.17) is 4.74 Å². The molecular formula is C21H34N4O. The lowest BCUT2D eigenvalue weighted by Gasteiger charge is -2.39. The molecule has 144 valence electrons. The van der Waals surface area contributed by atoms with E-state index in [2.05, 4.69) is 64.3 Å². The number of guanidine groups is 1. The molecule has 3 atom stereocenters. The van der Waals surface area contributed by atoms with Crippen molar-refractivity contribution in [2.75, 3.05) is 53.0 Å². The summed E-state index contributed by atoms with van der Waals surface area (Å²) >= 11 is 0. The smallest absolute Gasteiger partial charge is 0.193 e. The molecule has 0 radical (unpaired) electrons. The van der Waals surface area contributed by atoms with Gasteiger partial charge in [0.15, 0.2) is 5.96 Å².